The number of carbonyl (C=O) groups is 1. The number of hydrogen-bond acceptors (Lipinski definition) is 5. The van der Waals surface area contributed by atoms with Crippen LogP contribution in [0.25, 0.3) is 11.1 Å². The number of amides is 1. The predicted octanol–water partition coefficient (Wildman–Crippen LogP) is 5.76. The lowest BCUT2D eigenvalue weighted by Gasteiger charge is -2.45. The summed E-state index contributed by atoms with van der Waals surface area (Å²) >= 11 is 0. The van der Waals surface area contributed by atoms with E-state index in [1.807, 2.05) is 11.0 Å². The van der Waals surface area contributed by atoms with Crippen molar-refractivity contribution in [1.29, 1.82) is 0 Å². The topological polar surface area (TPSA) is 58.8 Å². The van der Waals surface area contributed by atoms with E-state index >= 15 is 0 Å². The monoisotopic (exact) mass is 487 g/mol. The van der Waals surface area contributed by atoms with Crippen LogP contribution in [0.3, 0.4) is 0 Å². The number of carbonyl (C=O) groups excluding carboxylic acids is 1. The van der Waals surface area contributed by atoms with E-state index in [1.54, 1.807) is 12.1 Å². The van der Waals surface area contributed by atoms with Crippen molar-refractivity contribution in [2.75, 3.05) is 24.5 Å². The maximum atomic E-state index is 12.8. The van der Waals surface area contributed by atoms with Gasteiger partial charge in [-0.25, -0.2) is 4.98 Å². The predicted molar refractivity (Wildman–Crippen MR) is 126 cm³/mol. The molecule has 3 heterocycles. The van der Waals surface area contributed by atoms with Gasteiger partial charge in [-0.3, -0.25) is 4.79 Å². The van der Waals surface area contributed by atoms with Crippen LogP contribution >= 0.6 is 0 Å². The number of oxazole rings is 1. The van der Waals surface area contributed by atoms with Gasteiger partial charge in [0.1, 0.15) is 17.4 Å². The Bertz CT molecular complexity index is 1200. The van der Waals surface area contributed by atoms with E-state index in [-0.39, 0.29) is 23.9 Å². The van der Waals surface area contributed by atoms with Crippen molar-refractivity contribution >= 4 is 22.7 Å². The smallest absolute Gasteiger partial charge is 0.416 e. The van der Waals surface area contributed by atoms with Crippen LogP contribution in [-0.2, 0) is 6.18 Å². The van der Waals surface area contributed by atoms with Crippen molar-refractivity contribution < 1.29 is 27.1 Å². The van der Waals surface area contributed by atoms with Gasteiger partial charge in [0, 0.05) is 50.3 Å². The number of aromatic nitrogens is 1. The highest BCUT2D eigenvalue weighted by Crippen LogP contribution is 2.32. The van der Waals surface area contributed by atoms with Crippen LogP contribution in [0.2, 0.25) is 0 Å². The van der Waals surface area contributed by atoms with Gasteiger partial charge < -0.3 is 19.0 Å². The van der Waals surface area contributed by atoms with Gasteiger partial charge in [0.2, 0.25) is 0 Å². The molecule has 2 aromatic carbocycles. The Labute approximate surface area is 201 Å². The molecule has 0 radical (unpaired) electrons. The number of likely N-dealkylation sites (tertiary alicyclic amines) is 1. The van der Waals surface area contributed by atoms with Crippen LogP contribution in [0, 0.1) is 5.92 Å². The molecule has 2 fully saturated rings. The van der Waals surface area contributed by atoms with E-state index in [0.717, 1.165) is 43.6 Å². The molecule has 0 aliphatic carbocycles. The SMILES string of the molecule is CCC1C(C)CN1C(=O)c1nc2ccc(OC3CCN(c4ccc(C(F)(F)F)cc4)CC3)cc2o1. The highest BCUT2D eigenvalue weighted by atomic mass is 19.4. The van der Waals surface area contributed by atoms with Gasteiger partial charge in [-0.1, -0.05) is 13.8 Å². The second-order valence-corrected chi connectivity index (χ2v) is 9.41. The Kier molecular flexibility index (Phi) is 6.11. The lowest BCUT2D eigenvalue weighted by Crippen LogP contribution is -2.57. The molecule has 2 aliphatic heterocycles. The van der Waals surface area contributed by atoms with Gasteiger partial charge >= 0.3 is 12.1 Å². The molecule has 0 N–H and O–H groups in total. The number of nitrogens with zero attached hydrogens (tertiary/aromatic N) is 3. The van der Waals surface area contributed by atoms with E-state index in [9.17, 15) is 18.0 Å². The van der Waals surface area contributed by atoms with Crippen LogP contribution in [0.5, 0.6) is 5.75 Å². The third-order valence-electron chi connectivity index (χ3n) is 7.07. The van der Waals surface area contributed by atoms with Crippen molar-refractivity contribution in [3.63, 3.8) is 0 Å². The average Bonchev–Trinajstić information content (AvgIpc) is 3.26. The molecule has 0 bridgehead atoms. The molecule has 1 aromatic heterocycles. The molecular formula is C26H28F3N3O3. The van der Waals surface area contributed by atoms with E-state index in [1.165, 1.54) is 12.1 Å². The number of anilines is 1. The second kappa shape index (κ2) is 9.09. The van der Waals surface area contributed by atoms with Crippen LogP contribution in [0.4, 0.5) is 18.9 Å². The number of benzene rings is 2. The zero-order chi connectivity index (χ0) is 24.7. The second-order valence-electron chi connectivity index (χ2n) is 9.41. The fourth-order valence-electron chi connectivity index (χ4n) is 5.07. The Hall–Kier alpha value is -3.23. The molecule has 1 amide bonds. The van der Waals surface area contributed by atoms with Crippen LogP contribution in [0.1, 0.15) is 49.4 Å². The summed E-state index contributed by atoms with van der Waals surface area (Å²) in [6, 6.07) is 10.9. The molecule has 5 rings (SSSR count). The molecule has 0 spiro atoms. The quantitative estimate of drug-likeness (QED) is 0.458. The van der Waals surface area contributed by atoms with Crippen LogP contribution in [0.15, 0.2) is 46.9 Å². The van der Waals surface area contributed by atoms with Crippen molar-refractivity contribution in [1.82, 2.24) is 9.88 Å². The Morgan fingerprint density at radius 1 is 1.14 bits per heavy atom. The van der Waals surface area contributed by atoms with Crippen molar-refractivity contribution in [2.24, 2.45) is 5.92 Å². The standard InChI is InChI=1S/C26H28F3N3O3/c1-3-22-16(2)15-32(22)25(33)24-30-21-9-8-20(14-23(21)35-24)34-19-10-12-31(13-11-19)18-6-4-17(5-7-18)26(27,28)29/h4-9,14,16,19,22H,3,10-13,15H2,1-2H3. The van der Waals surface area contributed by atoms with E-state index in [2.05, 4.69) is 23.7 Å². The molecule has 2 atom stereocenters. The molecular weight excluding hydrogens is 459 g/mol. The number of halogens is 3. The van der Waals surface area contributed by atoms with E-state index < -0.39 is 11.7 Å². The number of hydrogen-bond donors (Lipinski definition) is 0. The highest BCUT2D eigenvalue weighted by Gasteiger charge is 2.39. The summed E-state index contributed by atoms with van der Waals surface area (Å²) in [6.45, 7) is 6.31. The first kappa shape index (κ1) is 23.5. The molecule has 3 aromatic rings. The first-order valence-electron chi connectivity index (χ1n) is 12.0. The molecule has 35 heavy (non-hydrogen) atoms. The van der Waals surface area contributed by atoms with E-state index in [0.29, 0.717) is 35.9 Å². The maximum Gasteiger partial charge on any atom is 0.416 e. The summed E-state index contributed by atoms with van der Waals surface area (Å²) < 4.78 is 50.3. The Morgan fingerprint density at radius 3 is 2.49 bits per heavy atom. The molecule has 2 aliphatic rings. The minimum Gasteiger partial charge on any atom is -0.490 e. The number of fused-ring (bicyclic) bond motifs is 1. The summed E-state index contributed by atoms with van der Waals surface area (Å²) in [4.78, 5) is 21.1. The van der Waals surface area contributed by atoms with Gasteiger partial charge in [-0.05, 0) is 48.7 Å². The van der Waals surface area contributed by atoms with Crippen LogP contribution < -0.4 is 9.64 Å². The minimum absolute atomic E-state index is 0.0185. The fraction of sp³-hybridized carbons (Fsp3) is 0.462. The number of alkyl halides is 3. The largest absolute Gasteiger partial charge is 0.490 e. The summed E-state index contributed by atoms with van der Waals surface area (Å²) in [6.07, 6.45) is -1.96. The summed E-state index contributed by atoms with van der Waals surface area (Å²) in [5.41, 5.74) is 1.25. The Morgan fingerprint density at radius 2 is 1.86 bits per heavy atom. The van der Waals surface area contributed by atoms with E-state index in [4.69, 9.17) is 9.15 Å². The van der Waals surface area contributed by atoms with Crippen molar-refractivity contribution in [3.8, 4) is 5.75 Å². The molecule has 186 valence electrons. The fourth-order valence-corrected chi connectivity index (χ4v) is 5.07. The third-order valence-corrected chi connectivity index (χ3v) is 7.07. The zero-order valence-electron chi connectivity index (χ0n) is 19.7. The van der Waals surface area contributed by atoms with Gasteiger partial charge in [-0.2, -0.15) is 13.2 Å². The summed E-state index contributed by atoms with van der Waals surface area (Å²) in [5, 5.41) is 0. The minimum atomic E-state index is -4.33. The maximum absolute atomic E-state index is 12.8. The van der Waals surface area contributed by atoms with Crippen molar-refractivity contribution in [3.05, 3.63) is 53.9 Å². The number of rotatable bonds is 5. The average molecular weight is 488 g/mol. The van der Waals surface area contributed by atoms with Crippen molar-refractivity contribution in [2.45, 2.75) is 51.4 Å². The van der Waals surface area contributed by atoms with Gasteiger partial charge in [-0.15, -0.1) is 0 Å². The molecule has 2 saturated heterocycles. The van der Waals surface area contributed by atoms with Crippen LogP contribution in [-0.4, -0.2) is 47.6 Å². The lowest BCUT2D eigenvalue weighted by molar-refractivity contribution is -0.137. The highest BCUT2D eigenvalue weighted by molar-refractivity contribution is 5.93. The normalized spacial score (nSPS) is 21.3. The molecule has 9 heteroatoms. The summed E-state index contributed by atoms with van der Waals surface area (Å²) in [5.74, 6) is 1.06. The first-order chi connectivity index (χ1) is 16.7. The molecule has 6 nitrogen and oxygen atoms in total. The molecule has 2 unspecified atom stereocenters. The van der Waals surface area contributed by atoms with Gasteiger partial charge in [0.25, 0.3) is 5.89 Å². The zero-order valence-corrected chi connectivity index (χ0v) is 19.7. The first-order valence-corrected chi connectivity index (χ1v) is 12.0. The number of ether oxygens (including phenoxy) is 1. The van der Waals surface area contributed by atoms with Gasteiger partial charge in [0.05, 0.1) is 5.56 Å². The van der Waals surface area contributed by atoms with Gasteiger partial charge in [0.15, 0.2) is 5.58 Å². The third kappa shape index (κ3) is 4.68. The Balaban J connectivity index is 1.19. The lowest BCUT2D eigenvalue weighted by atomic mass is 9.88. The number of piperidine rings is 1. The summed E-state index contributed by atoms with van der Waals surface area (Å²) in [7, 11) is 0. The molecule has 0 saturated carbocycles.